The highest BCUT2D eigenvalue weighted by Crippen LogP contribution is 2.13. The van der Waals surface area contributed by atoms with Crippen molar-refractivity contribution in [1.29, 1.82) is 0 Å². The molecule has 3 N–H and O–H groups in total. The van der Waals surface area contributed by atoms with E-state index in [-0.39, 0.29) is 18.7 Å². The van der Waals surface area contributed by atoms with Gasteiger partial charge in [-0.1, -0.05) is 6.07 Å². The van der Waals surface area contributed by atoms with Crippen LogP contribution in [-0.4, -0.2) is 40.7 Å². The fourth-order valence-corrected chi connectivity index (χ4v) is 2.05. The van der Waals surface area contributed by atoms with Gasteiger partial charge in [-0.25, -0.2) is 0 Å². The Labute approximate surface area is 103 Å². The molecule has 5 nitrogen and oxygen atoms in total. The summed E-state index contributed by atoms with van der Waals surface area (Å²) in [6.07, 6.45) is -0.911. The summed E-state index contributed by atoms with van der Waals surface area (Å²) in [6.45, 7) is 1.76. The van der Waals surface area contributed by atoms with Crippen LogP contribution in [0.2, 0.25) is 0 Å². The molecule has 1 aromatic rings. The Bertz CT molecular complexity index is 375. The lowest BCUT2D eigenvalue weighted by Crippen LogP contribution is -2.41. The Hall–Kier alpha value is -1.24. The van der Waals surface area contributed by atoms with Crippen LogP contribution in [0, 0.1) is 0 Å². The molecule has 0 saturated heterocycles. The molecule has 1 heterocycles. The minimum atomic E-state index is -1.04. The number of hydrogen-bond acceptors (Lipinski definition) is 5. The first-order valence-electron chi connectivity index (χ1n) is 5.21. The van der Waals surface area contributed by atoms with Crippen LogP contribution < -0.4 is 5.32 Å². The number of ketones is 1. The van der Waals surface area contributed by atoms with Gasteiger partial charge in [-0.3, -0.25) is 9.59 Å². The summed E-state index contributed by atoms with van der Waals surface area (Å²) in [5.41, 5.74) is 0. The number of carbonyl (C=O) groups is 2. The van der Waals surface area contributed by atoms with E-state index in [1.165, 1.54) is 11.3 Å². The number of hydrogen-bond donors (Lipinski definition) is 3. The highest BCUT2D eigenvalue weighted by atomic mass is 32.1. The van der Waals surface area contributed by atoms with Crippen molar-refractivity contribution in [2.45, 2.75) is 25.5 Å². The minimum absolute atomic E-state index is 0.190. The molecule has 0 aliphatic carbocycles. The van der Waals surface area contributed by atoms with Crippen LogP contribution in [0.4, 0.5) is 0 Å². The Kier molecular flexibility index (Phi) is 5.27. The first kappa shape index (κ1) is 13.8. The van der Waals surface area contributed by atoms with Crippen molar-refractivity contribution in [2.24, 2.45) is 0 Å². The molecule has 2 atom stereocenters. The van der Waals surface area contributed by atoms with Gasteiger partial charge in [0.25, 0.3) is 0 Å². The maximum atomic E-state index is 12.0. The molecule has 6 heteroatoms. The number of aliphatic carboxylic acids is 1. The molecular formula is C11H15NO4S. The lowest BCUT2D eigenvalue weighted by molar-refractivity contribution is -0.137. The quantitative estimate of drug-likeness (QED) is 0.627. The molecule has 1 rings (SSSR count). The molecule has 0 radical (unpaired) electrons. The molecule has 0 aromatic carbocycles. The van der Waals surface area contributed by atoms with Gasteiger partial charge in [-0.2, -0.15) is 0 Å². The minimum Gasteiger partial charge on any atom is -0.481 e. The zero-order chi connectivity index (χ0) is 12.8. The lowest BCUT2D eigenvalue weighted by atomic mass is 10.1. The van der Waals surface area contributed by atoms with Gasteiger partial charge in [0.1, 0.15) is 0 Å². The molecule has 94 valence electrons. The van der Waals surface area contributed by atoms with E-state index in [4.69, 9.17) is 10.2 Å². The van der Waals surface area contributed by atoms with E-state index in [2.05, 4.69) is 5.32 Å². The van der Waals surface area contributed by atoms with Gasteiger partial charge in [0.15, 0.2) is 5.78 Å². The van der Waals surface area contributed by atoms with E-state index < -0.39 is 18.1 Å². The second-order valence-corrected chi connectivity index (χ2v) is 4.70. The van der Waals surface area contributed by atoms with Crippen LogP contribution >= 0.6 is 11.3 Å². The molecule has 0 bridgehead atoms. The topological polar surface area (TPSA) is 86.6 Å². The molecule has 2 unspecified atom stereocenters. The largest absolute Gasteiger partial charge is 0.481 e. The average molecular weight is 257 g/mol. The van der Waals surface area contributed by atoms with Crippen LogP contribution in [0.1, 0.15) is 23.0 Å². The van der Waals surface area contributed by atoms with Gasteiger partial charge in [-0.15, -0.1) is 11.3 Å². The van der Waals surface area contributed by atoms with Crippen molar-refractivity contribution >= 4 is 23.1 Å². The second-order valence-electron chi connectivity index (χ2n) is 3.75. The fourth-order valence-electron chi connectivity index (χ4n) is 1.34. The molecule has 1 aromatic heterocycles. The number of aliphatic hydroxyl groups excluding tert-OH is 1. The number of Topliss-reactive ketones (excluding diaryl/α,β-unsaturated/α-hetero) is 1. The Morgan fingerprint density at radius 3 is 2.71 bits per heavy atom. The zero-order valence-corrected chi connectivity index (χ0v) is 10.2. The smallest absolute Gasteiger partial charge is 0.305 e. The predicted octanol–water partition coefficient (Wildman–Crippen LogP) is 0.744. The van der Waals surface area contributed by atoms with Gasteiger partial charge in [0.05, 0.1) is 23.4 Å². The van der Waals surface area contributed by atoms with Crippen molar-refractivity contribution in [2.75, 3.05) is 6.54 Å². The average Bonchev–Trinajstić information content (AvgIpc) is 2.75. The third-order valence-electron chi connectivity index (χ3n) is 2.12. The Morgan fingerprint density at radius 2 is 2.24 bits per heavy atom. The summed E-state index contributed by atoms with van der Waals surface area (Å²) in [6, 6.07) is 2.61. The van der Waals surface area contributed by atoms with E-state index in [1.807, 2.05) is 0 Å². The van der Waals surface area contributed by atoms with Crippen LogP contribution in [0.15, 0.2) is 17.5 Å². The molecule has 0 saturated carbocycles. The molecule has 17 heavy (non-hydrogen) atoms. The maximum Gasteiger partial charge on any atom is 0.305 e. The zero-order valence-electron chi connectivity index (χ0n) is 9.42. The van der Waals surface area contributed by atoms with Crippen LogP contribution in [0.25, 0.3) is 0 Å². The number of carbonyl (C=O) groups excluding carboxylic acids is 1. The summed E-state index contributed by atoms with van der Waals surface area (Å²) in [5, 5.41) is 22.4. The SMILES string of the molecule is CC(O)CNC(CC(=O)O)C(=O)c1cccs1. The third-order valence-corrected chi connectivity index (χ3v) is 3.00. The first-order chi connectivity index (χ1) is 8.00. The molecular weight excluding hydrogens is 242 g/mol. The monoisotopic (exact) mass is 257 g/mol. The first-order valence-corrected chi connectivity index (χ1v) is 6.09. The van der Waals surface area contributed by atoms with Gasteiger partial charge in [0.2, 0.25) is 0 Å². The summed E-state index contributed by atoms with van der Waals surface area (Å²) in [7, 11) is 0. The van der Waals surface area contributed by atoms with Crippen molar-refractivity contribution in [1.82, 2.24) is 5.32 Å². The maximum absolute atomic E-state index is 12.0. The molecule has 0 aliphatic heterocycles. The number of carboxylic acids is 1. The second kappa shape index (κ2) is 6.48. The highest BCUT2D eigenvalue weighted by Gasteiger charge is 2.23. The van der Waals surface area contributed by atoms with Crippen LogP contribution in [0.5, 0.6) is 0 Å². The summed E-state index contributed by atoms with van der Waals surface area (Å²) < 4.78 is 0. The Morgan fingerprint density at radius 1 is 1.53 bits per heavy atom. The van der Waals surface area contributed by atoms with E-state index >= 15 is 0 Å². The lowest BCUT2D eigenvalue weighted by Gasteiger charge is -2.16. The van der Waals surface area contributed by atoms with Gasteiger partial charge >= 0.3 is 5.97 Å². The van der Waals surface area contributed by atoms with E-state index in [1.54, 1.807) is 24.4 Å². The number of aliphatic hydroxyl groups is 1. The number of rotatable bonds is 7. The standard InChI is InChI=1S/C11H15NO4S/c1-7(13)6-12-8(5-10(14)15)11(16)9-3-2-4-17-9/h2-4,7-8,12-13H,5-6H2,1H3,(H,14,15). The summed E-state index contributed by atoms with van der Waals surface area (Å²) in [4.78, 5) is 23.2. The van der Waals surface area contributed by atoms with Gasteiger partial charge < -0.3 is 15.5 Å². The molecule has 0 amide bonds. The van der Waals surface area contributed by atoms with Crippen molar-refractivity contribution in [3.05, 3.63) is 22.4 Å². The number of nitrogens with one attached hydrogen (secondary N) is 1. The van der Waals surface area contributed by atoms with Crippen LogP contribution in [0.3, 0.4) is 0 Å². The van der Waals surface area contributed by atoms with Gasteiger partial charge in [-0.05, 0) is 18.4 Å². The molecule has 0 aliphatic rings. The molecule has 0 fully saturated rings. The van der Waals surface area contributed by atoms with Crippen LogP contribution in [-0.2, 0) is 4.79 Å². The fraction of sp³-hybridized carbons (Fsp3) is 0.455. The number of thiophene rings is 1. The van der Waals surface area contributed by atoms with Crippen molar-refractivity contribution in [3.8, 4) is 0 Å². The highest BCUT2D eigenvalue weighted by molar-refractivity contribution is 7.12. The summed E-state index contributed by atoms with van der Waals surface area (Å²) >= 11 is 1.28. The van der Waals surface area contributed by atoms with E-state index in [0.717, 1.165) is 0 Å². The van der Waals surface area contributed by atoms with E-state index in [9.17, 15) is 9.59 Å². The third kappa shape index (κ3) is 4.64. The Balaban J connectivity index is 2.68. The normalized spacial score (nSPS) is 14.2. The number of carboxylic acid groups (broad SMARTS) is 1. The van der Waals surface area contributed by atoms with Crippen molar-refractivity contribution < 1.29 is 19.8 Å². The van der Waals surface area contributed by atoms with Gasteiger partial charge in [0, 0.05) is 6.54 Å². The molecule has 0 spiro atoms. The van der Waals surface area contributed by atoms with E-state index in [0.29, 0.717) is 4.88 Å². The van der Waals surface area contributed by atoms with Crippen molar-refractivity contribution in [3.63, 3.8) is 0 Å². The predicted molar refractivity (Wildman–Crippen MR) is 64.4 cm³/mol. The summed E-state index contributed by atoms with van der Waals surface area (Å²) in [5.74, 6) is -1.29.